The Morgan fingerprint density at radius 2 is 2.36 bits per heavy atom. The molecule has 0 amide bonds. The second-order valence-electron chi connectivity index (χ2n) is 3.36. The molecule has 3 nitrogen and oxygen atoms in total. The lowest BCUT2D eigenvalue weighted by Crippen LogP contribution is -2.27. The molecular weight excluding hydrogens is 176 g/mol. The van der Waals surface area contributed by atoms with Gasteiger partial charge in [0.2, 0.25) is 0 Å². The molecule has 14 heavy (non-hydrogen) atoms. The third kappa shape index (κ3) is 3.23. The van der Waals surface area contributed by atoms with Gasteiger partial charge >= 0.3 is 0 Å². The summed E-state index contributed by atoms with van der Waals surface area (Å²) in [6, 6.07) is 6.34. The van der Waals surface area contributed by atoms with Crippen LogP contribution in [0.2, 0.25) is 0 Å². The zero-order chi connectivity index (χ0) is 10.4. The molecule has 1 aromatic rings. The van der Waals surface area contributed by atoms with Crippen LogP contribution in [0.4, 0.5) is 0 Å². The van der Waals surface area contributed by atoms with Gasteiger partial charge in [0.05, 0.1) is 19.0 Å². The van der Waals surface area contributed by atoms with E-state index in [1.165, 1.54) is 0 Å². The Morgan fingerprint density at radius 3 is 2.86 bits per heavy atom. The Hall–Kier alpha value is -1.27. The zero-order valence-electron chi connectivity index (χ0n) is 8.71. The third-order valence-corrected chi connectivity index (χ3v) is 2.19. The van der Waals surface area contributed by atoms with E-state index in [4.69, 9.17) is 9.68 Å². The van der Waals surface area contributed by atoms with E-state index in [0.717, 1.165) is 17.9 Å². The lowest BCUT2D eigenvalue weighted by Gasteiger charge is -2.11. The number of rotatable bonds is 5. The first-order chi connectivity index (χ1) is 6.76. The van der Waals surface area contributed by atoms with Crippen LogP contribution in [0.3, 0.4) is 0 Å². The summed E-state index contributed by atoms with van der Waals surface area (Å²) in [5, 5.41) is 11.8. The molecule has 76 valence electrons. The van der Waals surface area contributed by atoms with Crippen molar-refractivity contribution >= 4 is 0 Å². The summed E-state index contributed by atoms with van der Waals surface area (Å²) >= 11 is 0. The van der Waals surface area contributed by atoms with Gasteiger partial charge in [0, 0.05) is 6.04 Å². The minimum absolute atomic E-state index is 0.269. The second-order valence-corrected chi connectivity index (χ2v) is 3.36. The van der Waals surface area contributed by atoms with Gasteiger partial charge in [-0.2, -0.15) is 5.26 Å². The molecule has 0 aliphatic heterocycles. The monoisotopic (exact) mass is 192 g/mol. The van der Waals surface area contributed by atoms with Crippen molar-refractivity contribution in [2.75, 3.05) is 0 Å². The highest BCUT2D eigenvalue weighted by atomic mass is 16.3. The van der Waals surface area contributed by atoms with Gasteiger partial charge in [-0.25, -0.2) is 0 Å². The Balaban J connectivity index is 2.36. The highest BCUT2D eigenvalue weighted by Crippen LogP contribution is 2.06. The van der Waals surface area contributed by atoms with Gasteiger partial charge in [0.15, 0.2) is 0 Å². The average molecular weight is 192 g/mol. The fraction of sp³-hybridized carbons (Fsp3) is 0.545. The summed E-state index contributed by atoms with van der Waals surface area (Å²) in [5.41, 5.74) is 0. The van der Waals surface area contributed by atoms with Crippen LogP contribution in [-0.4, -0.2) is 6.04 Å². The molecule has 1 rings (SSSR count). The third-order valence-electron chi connectivity index (χ3n) is 2.19. The maximum Gasteiger partial charge on any atom is 0.117 e. The smallest absolute Gasteiger partial charge is 0.117 e. The molecule has 0 aliphatic carbocycles. The van der Waals surface area contributed by atoms with Crippen LogP contribution in [0.25, 0.3) is 0 Å². The Labute approximate surface area is 84.7 Å². The maximum atomic E-state index is 8.56. The molecule has 1 aromatic heterocycles. The van der Waals surface area contributed by atoms with Crippen LogP contribution in [0.5, 0.6) is 0 Å². The minimum atomic E-state index is 0.269. The minimum Gasteiger partial charge on any atom is -0.465 e. The molecule has 1 unspecified atom stereocenters. The number of aryl methyl sites for hydroxylation is 1. The van der Waals surface area contributed by atoms with Crippen LogP contribution in [0.15, 0.2) is 16.5 Å². The second kappa shape index (κ2) is 5.46. The molecule has 3 heteroatoms. The molecule has 0 saturated carbocycles. The van der Waals surface area contributed by atoms with E-state index in [1.54, 1.807) is 0 Å². The first-order valence-corrected chi connectivity index (χ1v) is 4.92. The van der Waals surface area contributed by atoms with Crippen molar-refractivity contribution in [1.82, 2.24) is 5.32 Å². The van der Waals surface area contributed by atoms with Crippen LogP contribution in [0, 0.1) is 18.3 Å². The first kappa shape index (κ1) is 10.8. The predicted octanol–water partition coefficient (Wildman–Crippen LogP) is 2.37. The summed E-state index contributed by atoms with van der Waals surface area (Å²) in [5.74, 6) is 1.86. The Morgan fingerprint density at radius 1 is 1.57 bits per heavy atom. The summed E-state index contributed by atoms with van der Waals surface area (Å²) in [6.07, 6.45) is 1.52. The van der Waals surface area contributed by atoms with E-state index in [-0.39, 0.29) is 6.04 Å². The van der Waals surface area contributed by atoms with Crippen molar-refractivity contribution in [2.45, 2.75) is 39.3 Å². The lowest BCUT2D eigenvalue weighted by atomic mass is 10.1. The molecular formula is C11H16N2O. The molecule has 0 aliphatic rings. The molecule has 1 N–H and O–H groups in total. The normalized spacial score (nSPS) is 12.4. The Kier molecular flexibility index (Phi) is 4.21. The molecule has 0 saturated heterocycles. The van der Waals surface area contributed by atoms with Crippen molar-refractivity contribution in [1.29, 1.82) is 5.26 Å². The van der Waals surface area contributed by atoms with Crippen molar-refractivity contribution in [3.63, 3.8) is 0 Å². The largest absolute Gasteiger partial charge is 0.465 e. The summed E-state index contributed by atoms with van der Waals surface area (Å²) in [4.78, 5) is 0. The van der Waals surface area contributed by atoms with Gasteiger partial charge in [-0.3, -0.25) is 0 Å². The number of furan rings is 1. The molecule has 0 spiro atoms. The molecule has 1 atom stereocenters. The maximum absolute atomic E-state index is 8.56. The SMILES string of the molecule is CCC(CC#N)NCc1ccc(C)o1. The van der Waals surface area contributed by atoms with Crippen LogP contribution < -0.4 is 5.32 Å². The van der Waals surface area contributed by atoms with Gasteiger partial charge in [-0.05, 0) is 25.5 Å². The van der Waals surface area contributed by atoms with Gasteiger partial charge < -0.3 is 9.73 Å². The number of hydrogen-bond donors (Lipinski definition) is 1. The summed E-state index contributed by atoms with van der Waals surface area (Å²) in [7, 11) is 0. The topological polar surface area (TPSA) is 49.0 Å². The standard InChI is InChI=1S/C11H16N2O/c1-3-10(6-7-12)13-8-11-5-4-9(2)14-11/h4-5,10,13H,3,6,8H2,1-2H3. The highest BCUT2D eigenvalue weighted by molar-refractivity contribution is 5.05. The van der Waals surface area contributed by atoms with Crippen LogP contribution >= 0.6 is 0 Å². The quantitative estimate of drug-likeness (QED) is 0.779. The molecule has 0 bridgehead atoms. The lowest BCUT2D eigenvalue weighted by molar-refractivity contribution is 0.427. The summed E-state index contributed by atoms with van der Waals surface area (Å²) in [6.45, 7) is 4.70. The first-order valence-electron chi connectivity index (χ1n) is 4.92. The van der Waals surface area contributed by atoms with E-state index in [9.17, 15) is 0 Å². The fourth-order valence-electron chi connectivity index (χ4n) is 1.30. The molecule has 0 fully saturated rings. The molecule has 1 heterocycles. The van der Waals surface area contributed by atoms with E-state index in [1.807, 2.05) is 19.1 Å². The average Bonchev–Trinajstić information content (AvgIpc) is 2.59. The zero-order valence-corrected chi connectivity index (χ0v) is 8.71. The van der Waals surface area contributed by atoms with Crippen LogP contribution in [-0.2, 0) is 6.54 Å². The molecule has 0 radical (unpaired) electrons. The number of hydrogen-bond acceptors (Lipinski definition) is 3. The van der Waals surface area contributed by atoms with Gasteiger partial charge in [0.25, 0.3) is 0 Å². The number of nitrogens with zero attached hydrogens (tertiary/aromatic N) is 1. The Bertz CT molecular complexity index is 311. The van der Waals surface area contributed by atoms with E-state index < -0.39 is 0 Å². The fourth-order valence-corrected chi connectivity index (χ4v) is 1.30. The van der Waals surface area contributed by atoms with Gasteiger partial charge in [-0.1, -0.05) is 6.92 Å². The van der Waals surface area contributed by atoms with Crippen LogP contribution in [0.1, 0.15) is 31.3 Å². The number of nitriles is 1. The van der Waals surface area contributed by atoms with E-state index >= 15 is 0 Å². The van der Waals surface area contributed by atoms with Crippen molar-refractivity contribution in [3.05, 3.63) is 23.7 Å². The summed E-state index contributed by atoms with van der Waals surface area (Å²) < 4.78 is 5.41. The van der Waals surface area contributed by atoms with Crippen molar-refractivity contribution in [3.8, 4) is 6.07 Å². The van der Waals surface area contributed by atoms with E-state index in [2.05, 4.69) is 18.3 Å². The van der Waals surface area contributed by atoms with Gasteiger partial charge in [0.1, 0.15) is 11.5 Å². The van der Waals surface area contributed by atoms with Gasteiger partial charge in [-0.15, -0.1) is 0 Å². The molecule has 0 aromatic carbocycles. The van der Waals surface area contributed by atoms with E-state index in [0.29, 0.717) is 13.0 Å². The number of nitrogens with one attached hydrogen (secondary N) is 1. The predicted molar refractivity (Wildman–Crippen MR) is 54.6 cm³/mol. The highest BCUT2D eigenvalue weighted by Gasteiger charge is 2.05. The van der Waals surface area contributed by atoms with Crippen molar-refractivity contribution < 1.29 is 4.42 Å². The van der Waals surface area contributed by atoms with Crippen molar-refractivity contribution in [2.24, 2.45) is 0 Å².